The van der Waals surface area contributed by atoms with Gasteiger partial charge in [-0.3, -0.25) is 9.59 Å². The number of amides is 2. The molecule has 2 amide bonds. The molecule has 0 spiro atoms. The maximum Gasteiger partial charge on any atom is 0.251 e. The molecular formula is C17H26N2O3. The largest absolute Gasteiger partial charge is 0.393 e. The van der Waals surface area contributed by atoms with E-state index < -0.39 is 6.10 Å². The molecule has 0 radical (unpaired) electrons. The first-order valence-corrected chi connectivity index (χ1v) is 7.61. The van der Waals surface area contributed by atoms with Crippen LogP contribution >= 0.6 is 0 Å². The first-order valence-electron chi connectivity index (χ1n) is 7.61. The summed E-state index contributed by atoms with van der Waals surface area (Å²) in [4.78, 5) is 23.6. The molecule has 3 N–H and O–H groups in total. The molecule has 1 aromatic carbocycles. The van der Waals surface area contributed by atoms with Crippen LogP contribution in [0.5, 0.6) is 0 Å². The van der Waals surface area contributed by atoms with Crippen LogP contribution in [-0.4, -0.2) is 36.1 Å². The van der Waals surface area contributed by atoms with E-state index in [0.717, 1.165) is 11.1 Å². The number of aliphatic hydroxyl groups is 1. The van der Waals surface area contributed by atoms with Gasteiger partial charge in [-0.1, -0.05) is 19.9 Å². The van der Waals surface area contributed by atoms with Gasteiger partial charge in [-0.25, -0.2) is 0 Å². The number of rotatable bonds is 7. The lowest BCUT2D eigenvalue weighted by atomic mass is 10.0. The Hall–Kier alpha value is -1.88. The van der Waals surface area contributed by atoms with E-state index in [2.05, 4.69) is 10.6 Å². The summed E-state index contributed by atoms with van der Waals surface area (Å²) in [6.07, 6.45) is 0.0829. The number of nitrogens with one attached hydrogen (secondary N) is 2. The van der Waals surface area contributed by atoms with E-state index in [-0.39, 0.29) is 24.3 Å². The first-order chi connectivity index (χ1) is 10.3. The average molecular weight is 306 g/mol. The highest BCUT2D eigenvalue weighted by molar-refractivity contribution is 5.96. The van der Waals surface area contributed by atoms with Crippen LogP contribution in [0.2, 0.25) is 0 Å². The second-order valence-corrected chi connectivity index (χ2v) is 5.93. The molecule has 5 heteroatoms. The molecule has 1 atom stereocenters. The third-order valence-corrected chi connectivity index (χ3v) is 3.71. The Morgan fingerprint density at radius 3 is 2.41 bits per heavy atom. The van der Waals surface area contributed by atoms with Gasteiger partial charge in [0.05, 0.1) is 12.6 Å². The van der Waals surface area contributed by atoms with Gasteiger partial charge in [0.15, 0.2) is 0 Å². The number of hydrogen-bond acceptors (Lipinski definition) is 3. The summed E-state index contributed by atoms with van der Waals surface area (Å²) in [5, 5.41) is 14.9. The van der Waals surface area contributed by atoms with Gasteiger partial charge in [0, 0.05) is 12.1 Å². The van der Waals surface area contributed by atoms with Crippen molar-refractivity contribution >= 4 is 11.8 Å². The molecule has 0 heterocycles. The van der Waals surface area contributed by atoms with Gasteiger partial charge in [0.25, 0.3) is 5.91 Å². The summed E-state index contributed by atoms with van der Waals surface area (Å²) >= 11 is 0. The van der Waals surface area contributed by atoms with Gasteiger partial charge in [0.1, 0.15) is 0 Å². The van der Waals surface area contributed by atoms with Crippen molar-refractivity contribution in [2.75, 3.05) is 13.1 Å². The smallest absolute Gasteiger partial charge is 0.251 e. The SMILES string of the molecule is Cc1ccc(C(=O)NCC(=O)NCCC(O)C(C)C)cc1C. The zero-order valence-electron chi connectivity index (χ0n) is 13.8. The normalized spacial score (nSPS) is 12.1. The van der Waals surface area contributed by atoms with E-state index in [1.807, 2.05) is 39.8 Å². The standard InChI is InChI=1S/C17H26N2O3/c1-11(2)15(20)7-8-18-16(21)10-19-17(22)14-6-5-12(3)13(4)9-14/h5-6,9,11,15,20H,7-8,10H2,1-4H3,(H,18,21)(H,19,22). The molecule has 1 aromatic rings. The lowest BCUT2D eigenvalue weighted by molar-refractivity contribution is -0.120. The summed E-state index contributed by atoms with van der Waals surface area (Å²) in [5.74, 6) is -0.352. The van der Waals surface area contributed by atoms with Gasteiger partial charge in [-0.05, 0) is 49.4 Å². The maximum absolute atomic E-state index is 12.0. The van der Waals surface area contributed by atoms with Crippen molar-refractivity contribution in [2.24, 2.45) is 5.92 Å². The molecule has 0 saturated carbocycles. The number of carbonyl (C=O) groups excluding carboxylic acids is 2. The summed E-state index contributed by atoms with van der Waals surface area (Å²) in [5.41, 5.74) is 2.71. The Balaban J connectivity index is 2.34. The molecule has 0 fully saturated rings. The van der Waals surface area contributed by atoms with E-state index in [1.165, 1.54) is 0 Å². The monoisotopic (exact) mass is 306 g/mol. The number of aliphatic hydroxyl groups excluding tert-OH is 1. The van der Waals surface area contributed by atoms with Gasteiger partial charge < -0.3 is 15.7 Å². The maximum atomic E-state index is 12.0. The molecule has 1 rings (SSSR count). The van der Waals surface area contributed by atoms with Crippen molar-refractivity contribution in [1.29, 1.82) is 0 Å². The average Bonchev–Trinajstić information content (AvgIpc) is 2.47. The summed E-state index contributed by atoms with van der Waals surface area (Å²) in [6, 6.07) is 5.44. The number of aryl methyl sites for hydroxylation is 2. The molecular weight excluding hydrogens is 280 g/mol. The lowest BCUT2D eigenvalue weighted by Crippen LogP contribution is -2.38. The summed E-state index contributed by atoms with van der Waals surface area (Å²) < 4.78 is 0. The second kappa shape index (κ2) is 8.54. The topological polar surface area (TPSA) is 78.4 Å². The van der Waals surface area contributed by atoms with Crippen molar-refractivity contribution in [1.82, 2.24) is 10.6 Å². The Bertz CT molecular complexity index is 527. The molecule has 0 bridgehead atoms. The summed E-state index contributed by atoms with van der Waals surface area (Å²) in [7, 11) is 0. The van der Waals surface area contributed by atoms with E-state index in [4.69, 9.17) is 0 Å². The van der Waals surface area contributed by atoms with Crippen molar-refractivity contribution in [3.63, 3.8) is 0 Å². The minimum absolute atomic E-state index is 0.0659. The third kappa shape index (κ3) is 5.85. The van der Waals surface area contributed by atoms with E-state index >= 15 is 0 Å². The van der Waals surface area contributed by atoms with Crippen molar-refractivity contribution in [2.45, 2.75) is 40.2 Å². The van der Waals surface area contributed by atoms with Crippen LogP contribution in [0, 0.1) is 19.8 Å². The van der Waals surface area contributed by atoms with Crippen molar-refractivity contribution < 1.29 is 14.7 Å². The lowest BCUT2D eigenvalue weighted by Gasteiger charge is -2.14. The van der Waals surface area contributed by atoms with Gasteiger partial charge in [0.2, 0.25) is 5.91 Å². The molecule has 0 aromatic heterocycles. The Morgan fingerprint density at radius 1 is 1.14 bits per heavy atom. The van der Waals surface area contributed by atoms with E-state index in [1.54, 1.807) is 6.07 Å². The minimum atomic E-state index is -0.426. The van der Waals surface area contributed by atoms with Crippen LogP contribution < -0.4 is 10.6 Å². The highest BCUT2D eigenvalue weighted by atomic mass is 16.3. The van der Waals surface area contributed by atoms with Crippen LogP contribution in [0.15, 0.2) is 18.2 Å². The zero-order valence-corrected chi connectivity index (χ0v) is 13.8. The fourth-order valence-electron chi connectivity index (χ4n) is 1.90. The molecule has 0 aliphatic carbocycles. The Labute approximate surface area is 132 Å². The number of hydrogen-bond donors (Lipinski definition) is 3. The fourth-order valence-corrected chi connectivity index (χ4v) is 1.90. The fraction of sp³-hybridized carbons (Fsp3) is 0.529. The molecule has 22 heavy (non-hydrogen) atoms. The quantitative estimate of drug-likeness (QED) is 0.715. The van der Waals surface area contributed by atoms with Crippen molar-refractivity contribution in [3.05, 3.63) is 34.9 Å². The highest BCUT2D eigenvalue weighted by Gasteiger charge is 2.11. The van der Waals surface area contributed by atoms with Crippen molar-refractivity contribution in [3.8, 4) is 0 Å². The molecule has 0 aliphatic rings. The predicted molar refractivity (Wildman–Crippen MR) is 86.7 cm³/mol. The predicted octanol–water partition coefficient (Wildman–Crippen LogP) is 1.56. The van der Waals surface area contributed by atoms with Crippen LogP contribution in [0.4, 0.5) is 0 Å². The number of carbonyl (C=O) groups is 2. The van der Waals surface area contributed by atoms with E-state index in [0.29, 0.717) is 18.5 Å². The molecule has 122 valence electrons. The molecule has 1 unspecified atom stereocenters. The second-order valence-electron chi connectivity index (χ2n) is 5.93. The van der Waals surface area contributed by atoms with Gasteiger partial charge in [-0.2, -0.15) is 0 Å². The number of benzene rings is 1. The summed E-state index contributed by atoms with van der Waals surface area (Å²) in [6.45, 7) is 8.11. The zero-order chi connectivity index (χ0) is 16.7. The van der Waals surface area contributed by atoms with Crippen LogP contribution in [0.25, 0.3) is 0 Å². The highest BCUT2D eigenvalue weighted by Crippen LogP contribution is 2.09. The Kier molecular flexibility index (Phi) is 7.05. The van der Waals surface area contributed by atoms with Gasteiger partial charge >= 0.3 is 0 Å². The van der Waals surface area contributed by atoms with Crippen LogP contribution in [0.3, 0.4) is 0 Å². The first kappa shape index (κ1) is 18.2. The van der Waals surface area contributed by atoms with E-state index in [9.17, 15) is 14.7 Å². The molecule has 0 aliphatic heterocycles. The van der Waals surface area contributed by atoms with Crippen LogP contribution in [0.1, 0.15) is 41.8 Å². The molecule has 0 saturated heterocycles. The minimum Gasteiger partial charge on any atom is -0.393 e. The third-order valence-electron chi connectivity index (χ3n) is 3.71. The van der Waals surface area contributed by atoms with Crippen LogP contribution in [-0.2, 0) is 4.79 Å². The molecule has 5 nitrogen and oxygen atoms in total. The Morgan fingerprint density at radius 2 is 1.82 bits per heavy atom. The van der Waals surface area contributed by atoms with Gasteiger partial charge in [-0.15, -0.1) is 0 Å².